The molecule has 0 aromatic carbocycles. The Kier molecular flexibility index (Phi) is 4.37. The van der Waals surface area contributed by atoms with Gasteiger partial charge in [0.05, 0.1) is 5.75 Å². The first kappa shape index (κ1) is 13.6. The molecule has 0 amide bonds. The van der Waals surface area contributed by atoms with E-state index in [2.05, 4.69) is 4.90 Å². The summed E-state index contributed by atoms with van der Waals surface area (Å²) in [6.45, 7) is 3.16. The summed E-state index contributed by atoms with van der Waals surface area (Å²) >= 11 is 0. The molecule has 2 rings (SSSR count). The predicted molar refractivity (Wildman–Crippen MR) is 70.8 cm³/mol. The molecule has 17 heavy (non-hydrogen) atoms. The van der Waals surface area contributed by atoms with E-state index >= 15 is 0 Å². The molecule has 2 fully saturated rings. The maximum absolute atomic E-state index is 10.8. The van der Waals surface area contributed by atoms with Gasteiger partial charge in [-0.3, -0.25) is 0 Å². The van der Waals surface area contributed by atoms with E-state index in [0.29, 0.717) is 11.8 Å². The van der Waals surface area contributed by atoms with Gasteiger partial charge in [0.1, 0.15) is 0 Å². The summed E-state index contributed by atoms with van der Waals surface area (Å²) in [5.74, 6) is 0.107. The molecular formula is C12H22ClNO2S. The van der Waals surface area contributed by atoms with Crippen LogP contribution in [-0.4, -0.2) is 38.7 Å². The minimum Gasteiger partial charge on any atom is -0.303 e. The van der Waals surface area contributed by atoms with Crippen molar-refractivity contribution < 1.29 is 8.42 Å². The highest BCUT2D eigenvalue weighted by molar-refractivity contribution is 8.13. The fraction of sp³-hybridized carbons (Fsp3) is 1.00. The van der Waals surface area contributed by atoms with Crippen molar-refractivity contribution in [3.05, 3.63) is 0 Å². The van der Waals surface area contributed by atoms with Gasteiger partial charge < -0.3 is 4.90 Å². The maximum atomic E-state index is 10.8. The second-order valence-electron chi connectivity index (χ2n) is 5.65. The molecule has 1 saturated heterocycles. The van der Waals surface area contributed by atoms with E-state index in [0.717, 1.165) is 19.6 Å². The lowest BCUT2D eigenvalue weighted by atomic mass is 9.77. The van der Waals surface area contributed by atoms with Crippen LogP contribution in [0.25, 0.3) is 0 Å². The van der Waals surface area contributed by atoms with E-state index in [1.165, 1.54) is 38.5 Å². The van der Waals surface area contributed by atoms with Gasteiger partial charge in [-0.25, -0.2) is 8.42 Å². The predicted octanol–water partition coefficient (Wildman–Crippen LogP) is 2.60. The lowest BCUT2D eigenvalue weighted by molar-refractivity contribution is 0.109. The second kappa shape index (κ2) is 5.45. The molecule has 3 nitrogen and oxygen atoms in total. The highest BCUT2D eigenvalue weighted by Crippen LogP contribution is 2.45. The maximum Gasteiger partial charge on any atom is 0.232 e. The van der Waals surface area contributed by atoms with Crippen LogP contribution in [0.5, 0.6) is 0 Å². The van der Waals surface area contributed by atoms with E-state index in [4.69, 9.17) is 10.7 Å². The lowest BCUT2D eigenvalue weighted by Crippen LogP contribution is -2.39. The van der Waals surface area contributed by atoms with Gasteiger partial charge in [0.15, 0.2) is 0 Å². The van der Waals surface area contributed by atoms with Crippen LogP contribution in [0.1, 0.15) is 44.9 Å². The van der Waals surface area contributed by atoms with Crippen molar-refractivity contribution in [2.75, 3.05) is 25.4 Å². The van der Waals surface area contributed by atoms with Crippen LogP contribution in [0.15, 0.2) is 0 Å². The van der Waals surface area contributed by atoms with Gasteiger partial charge >= 0.3 is 0 Å². The topological polar surface area (TPSA) is 37.4 Å². The van der Waals surface area contributed by atoms with Crippen molar-refractivity contribution in [2.24, 2.45) is 5.41 Å². The van der Waals surface area contributed by atoms with Gasteiger partial charge in [-0.2, -0.15) is 0 Å². The quantitative estimate of drug-likeness (QED) is 0.743. The summed E-state index contributed by atoms with van der Waals surface area (Å²) in [6.07, 6.45) is 8.92. The first-order valence-corrected chi connectivity index (χ1v) is 9.12. The molecule has 0 atom stereocenters. The lowest BCUT2D eigenvalue weighted by Gasteiger charge is -2.39. The van der Waals surface area contributed by atoms with Crippen molar-refractivity contribution in [3.63, 3.8) is 0 Å². The molecule has 1 saturated carbocycles. The van der Waals surface area contributed by atoms with Crippen molar-refractivity contribution >= 4 is 19.7 Å². The molecule has 1 spiro atoms. The largest absolute Gasteiger partial charge is 0.303 e. The zero-order valence-corrected chi connectivity index (χ0v) is 11.9. The Morgan fingerprint density at radius 3 is 2.18 bits per heavy atom. The van der Waals surface area contributed by atoms with Crippen LogP contribution in [-0.2, 0) is 9.05 Å². The van der Waals surface area contributed by atoms with E-state index in [-0.39, 0.29) is 5.75 Å². The Morgan fingerprint density at radius 1 is 1.06 bits per heavy atom. The smallest absolute Gasteiger partial charge is 0.232 e. The molecular weight excluding hydrogens is 258 g/mol. The molecule has 0 N–H and O–H groups in total. The number of hydrogen-bond acceptors (Lipinski definition) is 3. The standard InChI is InChI=1S/C12H22ClNO2S/c13-17(15,16)11-3-8-14-9-6-12(7-10-14)4-1-2-5-12/h1-11H2. The van der Waals surface area contributed by atoms with Gasteiger partial charge in [0, 0.05) is 10.7 Å². The van der Waals surface area contributed by atoms with E-state index in [1.54, 1.807) is 0 Å². The molecule has 1 aliphatic carbocycles. The molecule has 1 aliphatic heterocycles. The Morgan fingerprint density at radius 2 is 1.65 bits per heavy atom. The molecule has 2 aliphatic rings. The summed E-state index contributed by atoms with van der Waals surface area (Å²) in [5.41, 5.74) is 0.648. The molecule has 100 valence electrons. The highest BCUT2D eigenvalue weighted by atomic mass is 35.7. The summed E-state index contributed by atoms with van der Waals surface area (Å²) in [5, 5.41) is 0. The van der Waals surface area contributed by atoms with Crippen LogP contribution in [0.2, 0.25) is 0 Å². The Labute approximate surface area is 109 Å². The summed E-state index contributed by atoms with van der Waals surface area (Å²) < 4.78 is 21.6. The molecule has 0 bridgehead atoms. The third-order valence-electron chi connectivity index (χ3n) is 4.44. The van der Waals surface area contributed by atoms with Crippen molar-refractivity contribution in [2.45, 2.75) is 44.9 Å². The van der Waals surface area contributed by atoms with Gasteiger partial charge in [-0.1, -0.05) is 12.8 Å². The number of nitrogens with zero attached hydrogens (tertiary/aromatic N) is 1. The van der Waals surface area contributed by atoms with Gasteiger partial charge in [-0.15, -0.1) is 0 Å². The molecule has 0 radical (unpaired) electrons. The number of rotatable bonds is 4. The van der Waals surface area contributed by atoms with Crippen LogP contribution >= 0.6 is 10.7 Å². The normalized spacial score (nSPS) is 25.5. The average molecular weight is 280 g/mol. The zero-order chi connectivity index (χ0) is 12.4. The zero-order valence-electron chi connectivity index (χ0n) is 10.3. The number of piperidine rings is 1. The third-order valence-corrected chi connectivity index (χ3v) is 5.68. The Hall–Kier alpha value is 0.200. The fourth-order valence-electron chi connectivity index (χ4n) is 3.34. The van der Waals surface area contributed by atoms with E-state index in [1.807, 2.05) is 0 Å². The molecule has 5 heteroatoms. The Bertz CT molecular complexity index is 340. The first-order chi connectivity index (χ1) is 7.99. The third kappa shape index (κ3) is 4.11. The molecule has 1 heterocycles. The number of hydrogen-bond donors (Lipinski definition) is 0. The van der Waals surface area contributed by atoms with Crippen LogP contribution in [0, 0.1) is 5.41 Å². The van der Waals surface area contributed by atoms with E-state index in [9.17, 15) is 8.42 Å². The van der Waals surface area contributed by atoms with Gasteiger partial charge in [0.2, 0.25) is 9.05 Å². The van der Waals surface area contributed by atoms with Crippen LogP contribution in [0.4, 0.5) is 0 Å². The van der Waals surface area contributed by atoms with Crippen molar-refractivity contribution in [1.82, 2.24) is 4.90 Å². The first-order valence-electron chi connectivity index (χ1n) is 6.64. The monoisotopic (exact) mass is 279 g/mol. The van der Waals surface area contributed by atoms with Crippen molar-refractivity contribution in [1.29, 1.82) is 0 Å². The number of likely N-dealkylation sites (tertiary alicyclic amines) is 1. The highest BCUT2D eigenvalue weighted by Gasteiger charge is 2.36. The Balaban J connectivity index is 1.69. The minimum absolute atomic E-state index is 0.107. The van der Waals surface area contributed by atoms with E-state index < -0.39 is 9.05 Å². The summed E-state index contributed by atoms with van der Waals surface area (Å²) in [4.78, 5) is 2.39. The minimum atomic E-state index is -3.30. The number of halogens is 1. The fourth-order valence-corrected chi connectivity index (χ4v) is 4.14. The van der Waals surface area contributed by atoms with Gasteiger partial charge in [0.25, 0.3) is 0 Å². The second-order valence-corrected chi connectivity index (χ2v) is 8.54. The van der Waals surface area contributed by atoms with Gasteiger partial charge in [-0.05, 0) is 57.2 Å². The summed E-state index contributed by atoms with van der Waals surface area (Å²) in [6, 6.07) is 0. The SMILES string of the molecule is O=S(=O)(Cl)CCCN1CCC2(CCCC2)CC1. The summed E-state index contributed by atoms with van der Waals surface area (Å²) in [7, 11) is 1.90. The van der Waals surface area contributed by atoms with Crippen LogP contribution in [0.3, 0.4) is 0 Å². The molecule has 0 unspecified atom stereocenters. The average Bonchev–Trinajstić information content (AvgIpc) is 2.68. The van der Waals surface area contributed by atoms with Crippen molar-refractivity contribution in [3.8, 4) is 0 Å². The molecule has 0 aromatic heterocycles. The molecule has 0 aromatic rings. The van der Waals surface area contributed by atoms with Crippen LogP contribution < -0.4 is 0 Å².